The minimum Gasteiger partial charge on any atom is -0.353 e. The molecule has 104 valence electrons. The molecule has 4 nitrogen and oxygen atoms in total. The van der Waals surface area contributed by atoms with E-state index in [9.17, 15) is 4.79 Å². The molecule has 0 heterocycles. The molecule has 0 saturated heterocycles. The Balaban J connectivity index is 1.76. The number of nitrogens with two attached hydrogens (primary N) is 1. The molecule has 0 radical (unpaired) electrons. The molecule has 18 heavy (non-hydrogen) atoms. The number of amides is 1. The first-order valence-electron chi connectivity index (χ1n) is 7.32. The summed E-state index contributed by atoms with van der Waals surface area (Å²) in [5, 5.41) is 3.05. The summed E-state index contributed by atoms with van der Waals surface area (Å²) in [7, 11) is 2.15. The molecule has 1 unspecified atom stereocenters. The largest absolute Gasteiger partial charge is 0.353 e. The van der Waals surface area contributed by atoms with Crippen molar-refractivity contribution in [2.75, 3.05) is 13.6 Å². The smallest absolute Gasteiger partial charge is 0.240 e. The number of carbonyl (C=O) groups is 1. The highest BCUT2D eigenvalue weighted by molar-refractivity contribution is 5.86. The van der Waals surface area contributed by atoms with Gasteiger partial charge in [-0.25, -0.2) is 0 Å². The molecular formula is C14H27N3O. The molecule has 2 aliphatic rings. The fourth-order valence-corrected chi connectivity index (χ4v) is 2.81. The molecule has 1 atom stereocenters. The van der Waals surface area contributed by atoms with Gasteiger partial charge in [-0.05, 0) is 39.7 Å². The summed E-state index contributed by atoms with van der Waals surface area (Å²) < 4.78 is 0. The van der Waals surface area contributed by atoms with E-state index in [1.165, 1.54) is 19.3 Å². The molecule has 0 aromatic rings. The summed E-state index contributed by atoms with van der Waals surface area (Å²) in [4.78, 5) is 14.5. The second-order valence-electron chi connectivity index (χ2n) is 6.17. The monoisotopic (exact) mass is 253 g/mol. The van der Waals surface area contributed by atoms with Gasteiger partial charge in [-0.1, -0.05) is 19.3 Å². The van der Waals surface area contributed by atoms with Crippen molar-refractivity contribution < 1.29 is 4.79 Å². The van der Waals surface area contributed by atoms with E-state index in [1.807, 2.05) is 0 Å². The first-order valence-corrected chi connectivity index (χ1v) is 7.32. The van der Waals surface area contributed by atoms with Crippen molar-refractivity contribution >= 4 is 5.91 Å². The van der Waals surface area contributed by atoms with Gasteiger partial charge in [-0.15, -0.1) is 0 Å². The Morgan fingerprint density at radius 2 is 2.00 bits per heavy atom. The lowest BCUT2D eigenvalue weighted by atomic mass is 9.82. The molecule has 0 aliphatic heterocycles. The number of nitrogens with one attached hydrogen (secondary N) is 1. The predicted octanol–water partition coefficient (Wildman–Crippen LogP) is 1.25. The first kappa shape index (κ1) is 13.8. The Bertz CT molecular complexity index is 295. The number of hydrogen-bond donors (Lipinski definition) is 2. The third-order valence-electron chi connectivity index (χ3n) is 4.57. The standard InChI is InChI=1S/C14H27N3O/c1-11(17(2)12-6-7-12)10-16-13(18)14(15)8-4-3-5-9-14/h11-12H,3-10,15H2,1-2H3,(H,16,18). The maximum atomic E-state index is 12.2. The molecule has 2 fully saturated rings. The minimum atomic E-state index is -0.601. The van der Waals surface area contributed by atoms with Gasteiger partial charge in [0.1, 0.15) is 0 Å². The Hall–Kier alpha value is -0.610. The van der Waals surface area contributed by atoms with E-state index in [1.54, 1.807) is 0 Å². The topological polar surface area (TPSA) is 58.4 Å². The second kappa shape index (κ2) is 5.57. The van der Waals surface area contributed by atoms with Crippen molar-refractivity contribution in [3.8, 4) is 0 Å². The lowest BCUT2D eigenvalue weighted by Crippen LogP contribution is -2.56. The Labute approximate surface area is 110 Å². The Morgan fingerprint density at radius 1 is 1.39 bits per heavy atom. The molecule has 2 aliphatic carbocycles. The number of rotatable bonds is 5. The van der Waals surface area contributed by atoms with Gasteiger partial charge < -0.3 is 11.1 Å². The van der Waals surface area contributed by atoms with Crippen molar-refractivity contribution in [1.82, 2.24) is 10.2 Å². The van der Waals surface area contributed by atoms with E-state index in [-0.39, 0.29) is 5.91 Å². The van der Waals surface area contributed by atoms with Crippen LogP contribution in [0.2, 0.25) is 0 Å². The molecule has 0 aromatic heterocycles. The van der Waals surface area contributed by atoms with Crippen LogP contribution in [-0.4, -0.2) is 42.0 Å². The maximum absolute atomic E-state index is 12.2. The summed E-state index contributed by atoms with van der Waals surface area (Å²) >= 11 is 0. The molecule has 4 heteroatoms. The zero-order chi connectivity index (χ0) is 13.2. The zero-order valence-electron chi connectivity index (χ0n) is 11.7. The molecule has 2 saturated carbocycles. The number of nitrogens with zero attached hydrogens (tertiary/aromatic N) is 1. The Kier molecular flexibility index (Phi) is 4.28. The van der Waals surface area contributed by atoms with E-state index in [4.69, 9.17) is 5.73 Å². The van der Waals surface area contributed by atoms with Crippen molar-refractivity contribution in [3.63, 3.8) is 0 Å². The molecule has 0 spiro atoms. The maximum Gasteiger partial charge on any atom is 0.240 e. The molecule has 3 N–H and O–H groups in total. The molecule has 1 amide bonds. The van der Waals surface area contributed by atoms with Crippen LogP contribution in [0.15, 0.2) is 0 Å². The van der Waals surface area contributed by atoms with Crippen LogP contribution in [0.1, 0.15) is 51.9 Å². The van der Waals surface area contributed by atoms with Crippen LogP contribution in [0.25, 0.3) is 0 Å². The highest BCUT2D eigenvalue weighted by Crippen LogP contribution is 2.27. The number of hydrogen-bond acceptors (Lipinski definition) is 3. The average molecular weight is 253 g/mol. The fraction of sp³-hybridized carbons (Fsp3) is 0.929. The van der Waals surface area contributed by atoms with E-state index in [2.05, 4.69) is 24.2 Å². The molecular weight excluding hydrogens is 226 g/mol. The molecule has 0 aromatic carbocycles. The first-order chi connectivity index (χ1) is 8.53. The van der Waals surface area contributed by atoms with Gasteiger partial charge in [-0.3, -0.25) is 9.69 Å². The highest BCUT2D eigenvalue weighted by Gasteiger charge is 2.35. The van der Waals surface area contributed by atoms with Crippen LogP contribution in [0.5, 0.6) is 0 Å². The predicted molar refractivity (Wildman–Crippen MR) is 73.3 cm³/mol. The third-order valence-corrected chi connectivity index (χ3v) is 4.57. The van der Waals surface area contributed by atoms with Crippen molar-refractivity contribution in [1.29, 1.82) is 0 Å². The normalized spacial score (nSPS) is 24.9. The summed E-state index contributed by atoms with van der Waals surface area (Å²) in [5.74, 6) is 0.0539. The summed E-state index contributed by atoms with van der Waals surface area (Å²) in [6.07, 6.45) is 7.67. The Morgan fingerprint density at radius 3 is 2.56 bits per heavy atom. The minimum absolute atomic E-state index is 0.0539. The average Bonchev–Trinajstić information content (AvgIpc) is 3.19. The van der Waals surface area contributed by atoms with Gasteiger partial charge in [0.25, 0.3) is 0 Å². The number of carbonyl (C=O) groups excluding carboxylic acids is 1. The van der Waals surface area contributed by atoms with Gasteiger partial charge in [0.2, 0.25) is 5.91 Å². The highest BCUT2D eigenvalue weighted by atomic mass is 16.2. The van der Waals surface area contributed by atoms with Crippen LogP contribution in [0.3, 0.4) is 0 Å². The van der Waals surface area contributed by atoms with Crippen LogP contribution in [-0.2, 0) is 4.79 Å². The number of likely N-dealkylation sites (N-methyl/N-ethyl adjacent to an activating group) is 1. The molecule has 2 rings (SSSR count). The zero-order valence-corrected chi connectivity index (χ0v) is 11.7. The van der Waals surface area contributed by atoms with E-state index in [0.717, 1.165) is 31.7 Å². The van der Waals surface area contributed by atoms with Crippen LogP contribution in [0, 0.1) is 0 Å². The fourth-order valence-electron chi connectivity index (χ4n) is 2.81. The lowest BCUT2D eigenvalue weighted by molar-refractivity contribution is -0.127. The van der Waals surface area contributed by atoms with Gasteiger partial charge >= 0.3 is 0 Å². The summed E-state index contributed by atoms with van der Waals surface area (Å²) in [6.45, 7) is 2.88. The van der Waals surface area contributed by atoms with Crippen LogP contribution >= 0.6 is 0 Å². The van der Waals surface area contributed by atoms with Gasteiger partial charge in [0.05, 0.1) is 5.54 Å². The summed E-state index contributed by atoms with van der Waals surface area (Å²) in [6, 6.07) is 1.13. The van der Waals surface area contributed by atoms with Gasteiger partial charge in [0, 0.05) is 18.6 Å². The van der Waals surface area contributed by atoms with E-state index >= 15 is 0 Å². The van der Waals surface area contributed by atoms with Crippen molar-refractivity contribution in [3.05, 3.63) is 0 Å². The van der Waals surface area contributed by atoms with Crippen LogP contribution < -0.4 is 11.1 Å². The van der Waals surface area contributed by atoms with Crippen molar-refractivity contribution in [2.45, 2.75) is 69.5 Å². The third kappa shape index (κ3) is 3.23. The summed E-state index contributed by atoms with van der Waals surface area (Å²) in [5.41, 5.74) is 5.61. The second-order valence-corrected chi connectivity index (χ2v) is 6.17. The lowest BCUT2D eigenvalue weighted by Gasteiger charge is -2.33. The van der Waals surface area contributed by atoms with Crippen LogP contribution in [0.4, 0.5) is 0 Å². The quantitative estimate of drug-likeness (QED) is 0.775. The van der Waals surface area contributed by atoms with Gasteiger partial charge in [0.15, 0.2) is 0 Å². The van der Waals surface area contributed by atoms with E-state index in [0.29, 0.717) is 12.6 Å². The van der Waals surface area contributed by atoms with Crippen molar-refractivity contribution in [2.24, 2.45) is 5.73 Å². The van der Waals surface area contributed by atoms with Gasteiger partial charge in [-0.2, -0.15) is 0 Å². The molecule has 0 bridgehead atoms. The van der Waals surface area contributed by atoms with E-state index < -0.39 is 5.54 Å². The SMILES string of the molecule is CC(CNC(=O)C1(N)CCCCC1)N(C)C1CC1.